The number of likely N-dealkylation sites (N-methyl/N-ethyl adjacent to an activating group) is 1. The van der Waals surface area contributed by atoms with Gasteiger partial charge >= 0.3 is 0 Å². The van der Waals surface area contributed by atoms with Gasteiger partial charge in [0.25, 0.3) is 0 Å². The average Bonchev–Trinajstić information content (AvgIpc) is 2.65. The standard InChI is InChI=1S/C18H30N3O4S/c1-6-20-7-9-21(10-8-20)26(22,23)16-11-17(15(4)24-5)18(19-12-16)25-13-14(2)3/h11-12,14H,6-10,13H2,1-5H3. The molecule has 0 atom stereocenters. The predicted octanol–water partition coefficient (Wildman–Crippen LogP) is 1.99. The van der Waals surface area contributed by atoms with E-state index in [9.17, 15) is 8.42 Å². The van der Waals surface area contributed by atoms with Gasteiger partial charge in [-0.05, 0) is 25.5 Å². The van der Waals surface area contributed by atoms with Crippen LogP contribution in [0.5, 0.6) is 5.88 Å². The molecule has 1 radical (unpaired) electrons. The minimum atomic E-state index is -3.59. The summed E-state index contributed by atoms with van der Waals surface area (Å²) in [5, 5.41) is 0. The molecule has 1 aliphatic heterocycles. The van der Waals surface area contributed by atoms with E-state index in [1.807, 2.05) is 13.8 Å². The van der Waals surface area contributed by atoms with E-state index in [1.165, 1.54) is 10.5 Å². The van der Waals surface area contributed by atoms with Crippen molar-refractivity contribution in [1.29, 1.82) is 0 Å². The molecule has 2 rings (SSSR count). The van der Waals surface area contributed by atoms with Gasteiger partial charge in [-0.2, -0.15) is 4.31 Å². The fourth-order valence-corrected chi connectivity index (χ4v) is 4.13. The molecule has 26 heavy (non-hydrogen) atoms. The van der Waals surface area contributed by atoms with Crippen molar-refractivity contribution in [2.24, 2.45) is 5.92 Å². The Morgan fingerprint density at radius 1 is 1.27 bits per heavy atom. The highest BCUT2D eigenvalue weighted by molar-refractivity contribution is 7.89. The number of ether oxygens (including phenoxy) is 2. The van der Waals surface area contributed by atoms with Crippen molar-refractivity contribution in [3.8, 4) is 5.88 Å². The van der Waals surface area contributed by atoms with Crippen LogP contribution in [0.3, 0.4) is 0 Å². The van der Waals surface area contributed by atoms with Crippen molar-refractivity contribution in [2.45, 2.75) is 32.6 Å². The Labute approximate surface area is 157 Å². The summed E-state index contributed by atoms with van der Waals surface area (Å²) in [6, 6.07) is 1.60. The van der Waals surface area contributed by atoms with E-state index in [0.717, 1.165) is 19.6 Å². The highest BCUT2D eigenvalue weighted by Crippen LogP contribution is 2.28. The van der Waals surface area contributed by atoms with Crippen LogP contribution in [0.4, 0.5) is 0 Å². The topological polar surface area (TPSA) is 72.0 Å². The summed E-state index contributed by atoms with van der Waals surface area (Å²) in [4.78, 5) is 6.68. The maximum atomic E-state index is 13.0. The first-order chi connectivity index (χ1) is 12.3. The van der Waals surface area contributed by atoms with Gasteiger partial charge in [0.2, 0.25) is 15.9 Å². The molecule has 0 amide bonds. The number of pyridine rings is 1. The third-order valence-corrected chi connectivity index (χ3v) is 6.35. The average molecular weight is 385 g/mol. The summed E-state index contributed by atoms with van der Waals surface area (Å²) < 4.78 is 38.6. The van der Waals surface area contributed by atoms with Crippen LogP contribution < -0.4 is 4.74 Å². The molecule has 0 unspecified atom stereocenters. The minimum Gasteiger partial charge on any atom is -0.477 e. The molecule has 0 saturated carbocycles. The van der Waals surface area contributed by atoms with Crippen LogP contribution in [-0.4, -0.2) is 69.0 Å². The minimum absolute atomic E-state index is 0.172. The second-order valence-electron chi connectivity index (χ2n) is 6.83. The maximum absolute atomic E-state index is 13.0. The quantitative estimate of drug-likeness (QED) is 0.683. The van der Waals surface area contributed by atoms with Crippen LogP contribution in [-0.2, 0) is 14.8 Å². The second-order valence-corrected chi connectivity index (χ2v) is 8.77. The SMILES string of the molecule is CCN1CCN(S(=O)(=O)c2cnc(OCC(C)C)c([C](C)OC)c2)CC1. The number of sulfonamides is 1. The zero-order valence-corrected chi connectivity index (χ0v) is 17.2. The monoisotopic (exact) mass is 384 g/mol. The normalized spacial score (nSPS) is 17.2. The number of hydrogen-bond acceptors (Lipinski definition) is 6. The Balaban J connectivity index is 2.28. The Kier molecular flexibility index (Phi) is 7.40. The van der Waals surface area contributed by atoms with Crippen molar-refractivity contribution in [2.75, 3.05) is 46.4 Å². The number of rotatable bonds is 8. The second kappa shape index (κ2) is 9.12. The molecule has 7 nitrogen and oxygen atoms in total. The van der Waals surface area contributed by atoms with Crippen LogP contribution in [0.15, 0.2) is 17.2 Å². The Bertz CT molecular complexity index is 686. The van der Waals surface area contributed by atoms with Gasteiger partial charge in [-0.25, -0.2) is 13.4 Å². The van der Waals surface area contributed by atoms with Crippen LogP contribution in [0, 0.1) is 12.0 Å². The number of piperazine rings is 1. The summed E-state index contributed by atoms with van der Waals surface area (Å²) in [6.07, 6.45) is 1.95. The molecular formula is C18H30N3O4S. The summed E-state index contributed by atoms with van der Waals surface area (Å²) in [5.74, 6) is 0.735. The lowest BCUT2D eigenvalue weighted by molar-refractivity contribution is 0.196. The molecule has 0 aromatic carbocycles. The highest BCUT2D eigenvalue weighted by atomic mass is 32.2. The maximum Gasteiger partial charge on any atom is 0.244 e. The molecule has 2 heterocycles. The molecule has 1 aromatic rings. The van der Waals surface area contributed by atoms with Gasteiger partial charge < -0.3 is 14.4 Å². The number of nitrogens with zero attached hydrogens (tertiary/aromatic N) is 3. The van der Waals surface area contributed by atoms with Crippen LogP contribution in [0.1, 0.15) is 33.3 Å². The van der Waals surface area contributed by atoms with Gasteiger partial charge in [-0.15, -0.1) is 0 Å². The van der Waals surface area contributed by atoms with E-state index >= 15 is 0 Å². The fourth-order valence-electron chi connectivity index (χ4n) is 2.73. The van der Waals surface area contributed by atoms with Crippen LogP contribution in [0.2, 0.25) is 0 Å². The van der Waals surface area contributed by atoms with Crippen LogP contribution >= 0.6 is 0 Å². The van der Waals surface area contributed by atoms with Gasteiger partial charge in [-0.1, -0.05) is 20.8 Å². The van der Waals surface area contributed by atoms with Gasteiger partial charge in [0.05, 0.1) is 18.4 Å². The molecule has 0 aliphatic carbocycles. The van der Waals surface area contributed by atoms with Gasteiger partial charge in [-0.3, -0.25) is 0 Å². The third-order valence-electron chi connectivity index (χ3n) is 4.48. The first-order valence-corrected chi connectivity index (χ1v) is 10.5. The lowest BCUT2D eigenvalue weighted by atomic mass is 10.2. The smallest absolute Gasteiger partial charge is 0.244 e. The number of hydrogen-bond donors (Lipinski definition) is 0. The van der Waals surface area contributed by atoms with E-state index in [4.69, 9.17) is 9.47 Å². The third kappa shape index (κ3) is 4.94. The lowest BCUT2D eigenvalue weighted by Crippen LogP contribution is -2.48. The van der Waals surface area contributed by atoms with E-state index in [0.29, 0.717) is 43.2 Å². The molecule has 0 bridgehead atoms. The molecule has 8 heteroatoms. The van der Waals surface area contributed by atoms with Gasteiger partial charge in [0.1, 0.15) is 11.0 Å². The fraction of sp³-hybridized carbons (Fsp3) is 0.667. The van der Waals surface area contributed by atoms with E-state index in [2.05, 4.69) is 16.8 Å². The Morgan fingerprint density at radius 2 is 1.92 bits per heavy atom. The highest BCUT2D eigenvalue weighted by Gasteiger charge is 2.30. The predicted molar refractivity (Wildman–Crippen MR) is 100 cm³/mol. The Morgan fingerprint density at radius 3 is 2.46 bits per heavy atom. The van der Waals surface area contributed by atoms with E-state index in [1.54, 1.807) is 20.1 Å². The summed E-state index contributed by atoms with van der Waals surface area (Å²) >= 11 is 0. The van der Waals surface area contributed by atoms with Crippen molar-refractivity contribution >= 4 is 10.0 Å². The zero-order valence-electron chi connectivity index (χ0n) is 16.4. The van der Waals surface area contributed by atoms with Crippen molar-refractivity contribution in [3.05, 3.63) is 23.9 Å². The molecular weight excluding hydrogens is 354 g/mol. The van der Waals surface area contributed by atoms with Gasteiger partial charge in [0.15, 0.2) is 0 Å². The summed E-state index contributed by atoms with van der Waals surface area (Å²) in [6.45, 7) is 11.8. The van der Waals surface area contributed by atoms with Gasteiger partial charge in [0, 0.05) is 33.3 Å². The van der Waals surface area contributed by atoms with Crippen molar-refractivity contribution in [1.82, 2.24) is 14.2 Å². The largest absolute Gasteiger partial charge is 0.477 e. The number of methoxy groups -OCH3 is 1. The summed E-state index contributed by atoms with van der Waals surface area (Å²) in [7, 11) is -2.04. The first-order valence-electron chi connectivity index (χ1n) is 9.02. The molecule has 0 N–H and O–H groups in total. The number of aromatic nitrogens is 1. The van der Waals surface area contributed by atoms with Crippen molar-refractivity contribution < 1.29 is 17.9 Å². The van der Waals surface area contributed by atoms with E-state index in [-0.39, 0.29) is 4.90 Å². The van der Waals surface area contributed by atoms with Crippen LogP contribution in [0.25, 0.3) is 0 Å². The molecule has 1 saturated heterocycles. The van der Waals surface area contributed by atoms with Crippen molar-refractivity contribution in [3.63, 3.8) is 0 Å². The molecule has 147 valence electrons. The Hall–Kier alpha value is -1.22. The van der Waals surface area contributed by atoms with E-state index < -0.39 is 10.0 Å². The molecule has 1 aromatic heterocycles. The first kappa shape index (κ1) is 21.1. The zero-order chi connectivity index (χ0) is 19.3. The molecule has 1 fully saturated rings. The molecule has 1 aliphatic rings. The molecule has 0 spiro atoms. The summed E-state index contributed by atoms with van der Waals surface area (Å²) in [5.41, 5.74) is 0.571. The lowest BCUT2D eigenvalue weighted by Gasteiger charge is -2.33.